The number of hydrogen-bond donors (Lipinski definition) is 1. The number of benzene rings is 1. The molecule has 1 saturated heterocycles. The van der Waals surface area contributed by atoms with Gasteiger partial charge in [0.15, 0.2) is 5.96 Å². The quantitative estimate of drug-likeness (QED) is 0.590. The van der Waals surface area contributed by atoms with Crippen molar-refractivity contribution >= 4 is 5.96 Å². The van der Waals surface area contributed by atoms with E-state index in [0.29, 0.717) is 19.1 Å². The summed E-state index contributed by atoms with van der Waals surface area (Å²) in [6, 6.07) is 10.4. The number of aliphatic imine (C=N–C) groups is 1. The summed E-state index contributed by atoms with van der Waals surface area (Å²) in [4.78, 5) is 7.26. The Labute approximate surface area is 168 Å². The maximum atomic E-state index is 5.96. The van der Waals surface area contributed by atoms with Crippen LogP contribution in [0.15, 0.2) is 35.3 Å². The molecule has 3 rings (SSSR count). The Kier molecular flexibility index (Phi) is 7.09. The molecule has 0 amide bonds. The van der Waals surface area contributed by atoms with Crippen LogP contribution in [0.1, 0.15) is 35.9 Å². The molecule has 2 aromatic rings. The zero-order chi connectivity index (χ0) is 19.9. The summed E-state index contributed by atoms with van der Waals surface area (Å²) in [5, 5.41) is 7.95. The van der Waals surface area contributed by atoms with Gasteiger partial charge in [-0.3, -0.25) is 4.68 Å². The standard InChI is InChI=1S/C22H33N5O/c1-5-23-22(24-13-21-17(2)25-26(4)18(21)3)27-12-11-20(14-27)16-28-15-19-9-7-6-8-10-19/h6-10,20H,5,11-16H2,1-4H3,(H,23,24). The van der Waals surface area contributed by atoms with Crippen LogP contribution in [-0.2, 0) is 24.9 Å². The Balaban J connectivity index is 1.54. The van der Waals surface area contributed by atoms with Gasteiger partial charge in [0.1, 0.15) is 0 Å². The molecule has 0 aliphatic carbocycles. The summed E-state index contributed by atoms with van der Waals surface area (Å²) in [6.07, 6.45) is 1.14. The smallest absolute Gasteiger partial charge is 0.194 e. The van der Waals surface area contributed by atoms with E-state index in [1.165, 1.54) is 16.8 Å². The second-order valence-corrected chi connectivity index (χ2v) is 7.54. The fourth-order valence-electron chi connectivity index (χ4n) is 3.70. The number of guanidine groups is 1. The lowest BCUT2D eigenvalue weighted by molar-refractivity contribution is 0.0906. The summed E-state index contributed by atoms with van der Waals surface area (Å²) >= 11 is 0. The van der Waals surface area contributed by atoms with Gasteiger partial charge in [0, 0.05) is 43.9 Å². The lowest BCUT2D eigenvalue weighted by Crippen LogP contribution is -2.40. The van der Waals surface area contributed by atoms with E-state index in [4.69, 9.17) is 9.73 Å². The van der Waals surface area contributed by atoms with Gasteiger partial charge in [0.05, 0.1) is 25.5 Å². The van der Waals surface area contributed by atoms with Crippen molar-refractivity contribution in [1.29, 1.82) is 0 Å². The molecule has 0 radical (unpaired) electrons. The predicted molar refractivity (Wildman–Crippen MR) is 113 cm³/mol. The lowest BCUT2D eigenvalue weighted by Gasteiger charge is -2.21. The Morgan fingerprint density at radius 2 is 2.07 bits per heavy atom. The van der Waals surface area contributed by atoms with E-state index in [1.54, 1.807) is 0 Å². The molecule has 6 heteroatoms. The van der Waals surface area contributed by atoms with Gasteiger partial charge >= 0.3 is 0 Å². The minimum absolute atomic E-state index is 0.550. The first-order chi connectivity index (χ1) is 13.6. The summed E-state index contributed by atoms with van der Waals surface area (Å²) in [6.45, 7) is 11.3. The zero-order valence-corrected chi connectivity index (χ0v) is 17.6. The number of ether oxygens (including phenoxy) is 1. The molecular weight excluding hydrogens is 350 g/mol. The van der Waals surface area contributed by atoms with Crippen LogP contribution < -0.4 is 5.32 Å². The Morgan fingerprint density at radius 3 is 2.75 bits per heavy atom. The van der Waals surface area contributed by atoms with Crippen molar-refractivity contribution < 1.29 is 4.74 Å². The average molecular weight is 384 g/mol. The van der Waals surface area contributed by atoms with E-state index >= 15 is 0 Å². The van der Waals surface area contributed by atoms with Gasteiger partial charge in [0.2, 0.25) is 0 Å². The van der Waals surface area contributed by atoms with Crippen molar-refractivity contribution in [3.63, 3.8) is 0 Å². The van der Waals surface area contributed by atoms with Crippen LogP contribution in [0.25, 0.3) is 0 Å². The summed E-state index contributed by atoms with van der Waals surface area (Å²) in [5.41, 5.74) is 4.70. The van der Waals surface area contributed by atoms with Crippen molar-refractivity contribution in [2.75, 3.05) is 26.2 Å². The van der Waals surface area contributed by atoms with E-state index in [1.807, 2.05) is 17.8 Å². The highest BCUT2D eigenvalue weighted by molar-refractivity contribution is 5.80. The van der Waals surface area contributed by atoms with E-state index < -0.39 is 0 Å². The van der Waals surface area contributed by atoms with Crippen LogP contribution in [0.5, 0.6) is 0 Å². The molecule has 28 heavy (non-hydrogen) atoms. The van der Waals surface area contributed by atoms with Gasteiger partial charge in [-0.25, -0.2) is 4.99 Å². The molecule has 2 heterocycles. The molecule has 1 atom stereocenters. The molecule has 0 spiro atoms. The second kappa shape index (κ2) is 9.73. The molecule has 1 aromatic heterocycles. The average Bonchev–Trinajstić information content (AvgIpc) is 3.25. The maximum Gasteiger partial charge on any atom is 0.194 e. The van der Waals surface area contributed by atoms with Gasteiger partial charge < -0.3 is 15.0 Å². The number of aryl methyl sites for hydroxylation is 2. The second-order valence-electron chi connectivity index (χ2n) is 7.54. The number of nitrogens with zero attached hydrogens (tertiary/aromatic N) is 4. The number of aromatic nitrogens is 2. The van der Waals surface area contributed by atoms with Crippen LogP contribution in [0.3, 0.4) is 0 Å². The third-order valence-corrected chi connectivity index (χ3v) is 5.43. The van der Waals surface area contributed by atoms with E-state index in [9.17, 15) is 0 Å². The topological polar surface area (TPSA) is 54.7 Å². The van der Waals surface area contributed by atoms with E-state index in [-0.39, 0.29) is 0 Å². The van der Waals surface area contributed by atoms with Crippen molar-refractivity contribution in [3.8, 4) is 0 Å². The fourth-order valence-corrected chi connectivity index (χ4v) is 3.70. The number of rotatable bonds is 7. The SMILES string of the molecule is CCNC(=NCc1c(C)nn(C)c1C)N1CCC(COCc2ccccc2)C1. The van der Waals surface area contributed by atoms with Gasteiger partial charge in [-0.1, -0.05) is 30.3 Å². The summed E-state index contributed by atoms with van der Waals surface area (Å²) in [7, 11) is 1.99. The van der Waals surface area contributed by atoms with Gasteiger partial charge in [-0.05, 0) is 32.8 Å². The maximum absolute atomic E-state index is 5.96. The predicted octanol–water partition coefficient (Wildman–Crippen LogP) is 3.04. The van der Waals surface area contributed by atoms with Gasteiger partial charge in [0.25, 0.3) is 0 Å². The van der Waals surface area contributed by atoms with E-state index in [0.717, 1.165) is 44.3 Å². The van der Waals surface area contributed by atoms with Crippen molar-refractivity contribution in [2.24, 2.45) is 18.0 Å². The first-order valence-corrected chi connectivity index (χ1v) is 10.2. The molecule has 1 aliphatic rings. The molecule has 1 unspecified atom stereocenters. The highest BCUT2D eigenvalue weighted by atomic mass is 16.5. The highest BCUT2D eigenvalue weighted by Crippen LogP contribution is 2.18. The molecule has 1 fully saturated rings. The largest absolute Gasteiger partial charge is 0.376 e. The van der Waals surface area contributed by atoms with Gasteiger partial charge in [-0.15, -0.1) is 0 Å². The first-order valence-electron chi connectivity index (χ1n) is 10.2. The molecule has 0 bridgehead atoms. The van der Waals surface area contributed by atoms with E-state index in [2.05, 4.69) is 60.4 Å². The molecule has 1 N–H and O–H groups in total. The van der Waals surface area contributed by atoms with Crippen LogP contribution in [0, 0.1) is 19.8 Å². The summed E-state index contributed by atoms with van der Waals surface area (Å²) in [5.74, 6) is 1.55. The monoisotopic (exact) mass is 383 g/mol. The molecule has 6 nitrogen and oxygen atoms in total. The van der Waals surface area contributed by atoms with Crippen LogP contribution in [0.2, 0.25) is 0 Å². The van der Waals surface area contributed by atoms with Crippen molar-refractivity contribution in [1.82, 2.24) is 20.0 Å². The van der Waals surface area contributed by atoms with Crippen LogP contribution in [0.4, 0.5) is 0 Å². The lowest BCUT2D eigenvalue weighted by atomic mass is 10.1. The Bertz CT molecular complexity index is 784. The third-order valence-electron chi connectivity index (χ3n) is 5.43. The minimum atomic E-state index is 0.550. The fraction of sp³-hybridized carbons (Fsp3) is 0.545. The Hall–Kier alpha value is -2.34. The summed E-state index contributed by atoms with van der Waals surface area (Å²) < 4.78 is 7.89. The molecule has 152 valence electrons. The van der Waals surface area contributed by atoms with Gasteiger partial charge in [-0.2, -0.15) is 5.10 Å². The first kappa shape index (κ1) is 20.4. The minimum Gasteiger partial charge on any atom is -0.376 e. The molecule has 0 saturated carbocycles. The molecule has 1 aromatic carbocycles. The number of nitrogens with one attached hydrogen (secondary N) is 1. The zero-order valence-electron chi connectivity index (χ0n) is 17.6. The van der Waals surface area contributed by atoms with Crippen molar-refractivity contribution in [3.05, 3.63) is 52.8 Å². The molecular formula is C22H33N5O. The normalized spacial score (nSPS) is 17.4. The highest BCUT2D eigenvalue weighted by Gasteiger charge is 2.25. The van der Waals surface area contributed by atoms with Crippen molar-refractivity contribution in [2.45, 2.75) is 40.3 Å². The van der Waals surface area contributed by atoms with Crippen LogP contribution in [-0.4, -0.2) is 46.9 Å². The third kappa shape index (κ3) is 5.13. The molecule has 1 aliphatic heterocycles. The number of likely N-dealkylation sites (tertiary alicyclic amines) is 1. The number of hydrogen-bond acceptors (Lipinski definition) is 3. The van der Waals surface area contributed by atoms with Crippen LogP contribution >= 0.6 is 0 Å². The Morgan fingerprint density at radius 1 is 1.29 bits per heavy atom.